The van der Waals surface area contributed by atoms with Crippen LogP contribution >= 0.6 is 34.7 Å². The van der Waals surface area contributed by atoms with Crippen LogP contribution in [-0.2, 0) is 5.75 Å². The van der Waals surface area contributed by atoms with Crippen molar-refractivity contribution in [3.05, 3.63) is 70.2 Å². The zero-order valence-corrected chi connectivity index (χ0v) is 18.0. The summed E-state index contributed by atoms with van der Waals surface area (Å²) in [5.74, 6) is 1.69. The maximum absolute atomic E-state index is 6.57. The van der Waals surface area contributed by atoms with Crippen LogP contribution in [0.5, 0.6) is 5.75 Å². The zero-order valence-electron chi connectivity index (χ0n) is 15.6. The molecule has 3 nitrogen and oxygen atoms in total. The molecular weight excluding hydrogens is 408 g/mol. The van der Waals surface area contributed by atoms with Crippen molar-refractivity contribution in [1.29, 1.82) is 0 Å². The number of ether oxygens (including phenoxy) is 1. The van der Waals surface area contributed by atoms with Crippen molar-refractivity contribution < 1.29 is 4.74 Å². The lowest BCUT2D eigenvalue weighted by Gasteiger charge is -2.07. The molecule has 0 saturated carbocycles. The molecule has 0 fully saturated rings. The fourth-order valence-corrected chi connectivity index (χ4v) is 5.27. The largest absolute Gasteiger partial charge is 0.494 e. The minimum atomic E-state index is 0.502. The summed E-state index contributed by atoms with van der Waals surface area (Å²) in [4.78, 5) is 10.2. The van der Waals surface area contributed by atoms with Crippen LogP contribution in [0, 0.1) is 6.92 Å². The lowest BCUT2D eigenvalue weighted by Crippen LogP contribution is -1.92. The Balaban J connectivity index is 1.61. The van der Waals surface area contributed by atoms with Crippen molar-refractivity contribution in [2.45, 2.75) is 24.8 Å². The lowest BCUT2D eigenvalue weighted by molar-refractivity contribution is 0.340. The Morgan fingerprint density at radius 3 is 2.61 bits per heavy atom. The Bertz CT molecular complexity index is 1110. The molecule has 2 heterocycles. The van der Waals surface area contributed by atoms with E-state index in [2.05, 4.69) is 41.6 Å². The highest BCUT2D eigenvalue weighted by atomic mass is 35.5. The topological polar surface area (TPSA) is 35.0 Å². The van der Waals surface area contributed by atoms with Gasteiger partial charge in [0.25, 0.3) is 0 Å². The van der Waals surface area contributed by atoms with Crippen LogP contribution in [0.1, 0.15) is 18.1 Å². The standard InChI is InChI=1S/C22H19ClN2OS2/c1-3-26-17-10-8-15(9-11-17)18-13-27-21-19(18)20(23)24-22(25-21)28-12-16-7-5-4-6-14(16)2/h4-11,13H,3,12H2,1-2H3. The summed E-state index contributed by atoms with van der Waals surface area (Å²) in [5.41, 5.74) is 4.70. The normalized spacial score (nSPS) is 11.1. The maximum atomic E-state index is 6.57. The van der Waals surface area contributed by atoms with Crippen molar-refractivity contribution in [3.63, 3.8) is 0 Å². The highest BCUT2D eigenvalue weighted by molar-refractivity contribution is 7.98. The van der Waals surface area contributed by atoms with Gasteiger partial charge >= 0.3 is 0 Å². The Kier molecular flexibility index (Phi) is 5.85. The Hall–Kier alpha value is -2.08. The van der Waals surface area contributed by atoms with Crippen molar-refractivity contribution in [2.24, 2.45) is 0 Å². The van der Waals surface area contributed by atoms with Crippen LogP contribution in [0.15, 0.2) is 59.1 Å². The average Bonchev–Trinajstić information content (AvgIpc) is 3.13. The molecule has 28 heavy (non-hydrogen) atoms. The molecule has 0 aliphatic heterocycles. The van der Waals surface area contributed by atoms with Crippen LogP contribution < -0.4 is 4.74 Å². The van der Waals surface area contributed by atoms with Gasteiger partial charge in [0.05, 0.1) is 12.0 Å². The number of fused-ring (bicyclic) bond motifs is 1. The number of halogens is 1. The van der Waals surface area contributed by atoms with Gasteiger partial charge in [-0.15, -0.1) is 11.3 Å². The number of thiophene rings is 1. The van der Waals surface area contributed by atoms with Gasteiger partial charge in [-0.3, -0.25) is 0 Å². The molecule has 0 radical (unpaired) electrons. The van der Waals surface area contributed by atoms with Gasteiger partial charge in [0, 0.05) is 16.7 Å². The monoisotopic (exact) mass is 426 g/mol. The number of benzene rings is 2. The van der Waals surface area contributed by atoms with Crippen molar-refractivity contribution in [3.8, 4) is 16.9 Å². The molecule has 142 valence electrons. The summed E-state index contributed by atoms with van der Waals surface area (Å²) in [5, 5.41) is 4.22. The number of nitrogens with zero attached hydrogens (tertiary/aromatic N) is 2. The fraction of sp³-hybridized carbons (Fsp3) is 0.182. The van der Waals surface area contributed by atoms with E-state index in [1.807, 2.05) is 31.2 Å². The molecule has 0 bridgehead atoms. The second-order valence-corrected chi connectivity index (χ2v) is 8.46. The van der Waals surface area contributed by atoms with Crippen molar-refractivity contribution >= 4 is 44.9 Å². The van der Waals surface area contributed by atoms with Gasteiger partial charge in [-0.2, -0.15) is 0 Å². The Morgan fingerprint density at radius 1 is 1.07 bits per heavy atom. The summed E-state index contributed by atoms with van der Waals surface area (Å²) in [7, 11) is 0. The average molecular weight is 427 g/mol. The number of aromatic nitrogens is 2. The SMILES string of the molecule is CCOc1ccc(-c2csc3nc(SCc4ccccc4C)nc(Cl)c23)cc1. The summed E-state index contributed by atoms with van der Waals surface area (Å²) in [6, 6.07) is 16.4. The quantitative estimate of drug-likeness (QED) is 0.188. The molecule has 0 saturated heterocycles. The third-order valence-corrected chi connectivity index (χ3v) is 6.51. The van der Waals surface area contributed by atoms with Crippen LogP contribution in [0.4, 0.5) is 0 Å². The number of rotatable bonds is 6. The molecule has 4 rings (SSSR count). The predicted octanol–water partition coefficient (Wildman–Crippen LogP) is 7.01. The first-order chi connectivity index (χ1) is 13.7. The van der Waals surface area contributed by atoms with E-state index in [0.717, 1.165) is 32.8 Å². The summed E-state index contributed by atoms with van der Waals surface area (Å²) in [6.45, 7) is 4.75. The third kappa shape index (κ3) is 4.02. The van der Waals surface area contributed by atoms with E-state index in [0.29, 0.717) is 16.9 Å². The number of aryl methyl sites for hydroxylation is 1. The smallest absolute Gasteiger partial charge is 0.190 e. The van der Waals surface area contributed by atoms with Crippen molar-refractivity contribution in [2.75, 3.05) is 6.61 Å². The van der Waals surface area contributed by atoms with E-state index >= 15 is 0 Å². The van der Waals surface area contributed by atoms with Crippen LogP contribution in [0.2, 0.25) is 5.15 Å². The Morgan fingerprint density at radius 2 is 1.86 bits per heavy atom. The molecule has 0 unspecified atom stereocenters. The first kappa shape index (κ1) is 19.2. The molecule has 0 spiro atoms. The highest BCUT2D eigenvalue weighted by Gasteiger charge is 2.15. The molecule has 2 aromatic heterocycles. The number of hydrogen-bond acceptors (Lipinski definition) is 5. The van der Waals surface area contributed by atoms with E-state index in [9.17, 15) is 0 Å². The van der Waals surface area contributed by atoms with Gasteiger partial charge in [-0.25, -0.2) is 9.97 Å². The summed E-state index contributed by atoms with van der Waals surface area (Å²) in [6.07, 6.45) is 0. The van der Waals surface area contributed by atoms with E-state index in [4.69, 9.17) is 21.3 Å². The van der Waals surface area contributed by atoms with E-state index < -0.39 is 0 Å². The van der Waals surface area contributed by atoms with Crippen LogP contribution in [0.25, 0.3) is 21.3 Å². The number of hydrogen-bond donors (Lipinski definition) is 0. The van der Waals surface area contributed by atoms with Crippen LogP contribution in [0.3, 0.4) is 0 Å². The summed E-state index contributed by atoms with van der Waals surface area (Å²) >= 11 is 9.78. The molecular formula is C22H19ClN2OS2. The summed E-state index contributed by atoms with van der Waals surface area (Å²) < 4.78 is 5.53. The van der Waals surface area contributed by atoms with Gasteiger partial charge in [0.1, 0.15) is 15.7 Å². The minimum absolute atomic E-state index is 0.502. The molecule has 6 heteroatoms. The molecule has 0 N–H and O–H groups in total. The Labute approximate surface area is 177 Å². The molecule has 2 aromatic carbocycles. The van der Waals surface area contributed by atoms with Gasteiger partial charge in [0.2, 0.25) is 0 Å². The van der Waals surface area contributed by atoms with E-state index in [1.165, 1.54) is 11.1 Å². The molecule has 0 amide bonds. The molecule has 0 atom stereocenters. The molecule has 4 aromatic rings. The van der Waals surface area contributed by atoms with Gasteiger partial charge in [-0.05, 0) is 42.7 Å². The van der Waals surface area contributed by atoms with E-state index in [1.54, 1.807) is 23.1 Å². The van der Waals surface area contributed by atoms with Crippen LogP contribution in [-0.4, -0.2) is 16.6 Å². The lowest BCUT2D eigenvalue weighted by atomic mass is 10.1. The highest BCUT2D eigenvalue weighted by Crippen LogP contribution is 2.38. The van der Waals surface area contributed by atoms with Gasteiger partial charge < -0.3 is 4.74 Å². The van der Waals surface area contributed by atoms with E-state index in [-0.39, 0.29) is 0 Å². The first-order valence-electron chi connectivity index (χ1n) is 9.01. The third-order valence-electron chi connectivity index (χ3n) is 4.46. The fourth-order valence-electron chi connectivity index (χ4n) is 2.97. The first-order valence-corrected chi connectivity index (χ1v) is 11.3. The molecule has 0 aliphatic carbocycles. The second kappa shape index (κ2) is 8.52. The minimum Gasteiger partial charge on any atom is -0.494 e. The predicted molar refractivity (Wildman–Crippen MR) is 120 cm³/mol. The number of thioether (sulfide) groups is 1. The zero-order chi connectivity index (χ0) is 19.5. The second-order valence-electron chi connectivity index (χ2n) is 6.30. The van der Waals surface area contributed by atoms with Gasteiger partial charge in [0.15, 0.2) is 5.16 Å². The van der Waals surface area contributed by atoms with Gasteiger partial charge in [-0.1, -0.05) is 59.8 Å². The van der Waals surface area contributed by atoms with Crippen molar-refractivity contribution in [1.82, 2.24) is 9.97 Å². The maximum Gasteiger partial charge on any atom is 0.190 e. The molecule has 0 aliphatic rings.